The molecule has 0 bridgehead atoms. The SMILES string of the molecule is COc1cccc(-n2cnnc2SCC(=O)c2ccc3c(c2)[C@@H](C)C(=O)N3)c1. The number of carbonyl (C=O) groups is 2. The van der Waals surface area contributed by atoms with Crippen molar-refractivity contribution in [2.45, 2.75) is 18.0 Å². The van der Waals surface area contributed by atoms with Gasteiger partial charge in [-0.3, -0.25) is 14.2 Å². The summed E-state index contributed by atoms with van der Waals surface area (Å²) in [6, 6.07) is 12.9. The Balaban J connectivity index is 1.50. The van der Waals surface area contributed by atoms with Gasteiger partial charge in [-0.1, -0.05) is 17.8 Å². The van der Waals surface area contributed by atoms with Crippen LogP contribution in [0.1, 0.15) is 28.8 Å². The Morgan fingerprint density at radius 2 is 2.14 bits per heavy atom. The molecular weight excluding hydrogens is 376 g/mol. The Morgan fingerprint density at radius 3 is 2.96 bits per heavy atom. The van der Waals surface area contributed by atoms with Crippen LogP contribution in [-0.2, 0) is 4.79 Å². The minimum absolute atomic E-state index is 0.0282. The number of benzene rings is 2. The van der Waals surface area contributed by atoms with Crippen LogP contribution in [0.5, 0.6) is 5.75 Å². The fraction of sp³-hybridized carbons (Fsp3) is 0.200. The molecule has 0 saturated heterocycles. The van der Waals surface area contributed by atoms with Crippen LogP contribution < -0.4 is 10.1 Å². The van der Waals surface area contributed by atoms with E-state index in [4.69, 9.17) is 4.74 Å². The third kappa shape index (κ3) is 3.38. The predicted octanol–water partition coefficient (Wildman–Crippen LogP) is 3.31. The molecule has 0 spiro atoms. The molecule has 2 heterocycles. The molecule has 1 aromatic heterocycles. The lowest BCUT2D eigenvalue weighted by molar-refractivity contribution is -0.116. The van der Waals surface area contributed by atoms with Crippen LogP contribution in [0.2, 0.25) is 0 Å². The number of anilines is 1. The number of carbonyl (C=O) groups excluding carboxylic acids is 2. The van der Waals surface area contributed by atoms with E-state index >= 15 is 0 Å². The van der Waals surface area contributed by atoms with Gasteiger partial charge in [-0.25, -0.2) is 0 Å². The number of ether oxygens (including phenoxy) is 1. The van der Waals surface area contributed by atoms with Gasteiger partial charge in [-0.05, 0) is 42.8 Å². The van der Waals surface area contributed by atoms with Gasteiger partial charge in [0.15, 0.2) is 10.9 Å². The number of ketones is 1. The molecule has 2 aromatic carbocycles. The van der Waals surface area contributed by atoms with Crippen molar-refractivity contribution in [1.29, 1.82) is 0 Å². The highest BCUT2D eigenvalue weighted by molar-refractivity contribution is 7.99. The van der Waals surface area contributed by atoms with Gasteiger partial charge in [0.25, 0.3) is 0 Å². The van der Waals surface area contributed by atoms with Crippen molar-refractivity contribution >= 4 is 29.1 Å². The minimum Gasteiger partial charge on any atom is -0.497 e. The third-order valence-electron chi connectivity index (χ3n) is 4.67. The number of rotatable bonds is 6. The molecule has 0 aliphatic carbocycles. The first-order chi connectivity index (χ1) is 13.6. The summed E-state index contributed by atoms with van der Waals surface area (Å²) < 4.78 is 7.07. The number of amides is 1. The zero-order chi connectivity index (χ0) is 19.7. The van der Waals surface area contributed by atoms with E-state index in [-0.39, 0.29) is 23.4 Å². The normalized spacial score (nSPS) is 15.2. The second-order valence-electron chi connectivity index (χ2n) is 6.41. The highest BCUT2D eigenvalue weighted by Crippen LogP contribution is 2.33. The zero-order valence-corrected chi connectivity index (χ0v) is 16.2. The van der Waals surface area contributed by atoms with E-state index in [1.54, 1.807) is 31.6 Å². The molecule has 3 aromatic rings. The summed E-state index contributed by atoms with van der Waals surface area (Å²) in [7, 11) is 1.61. The first kappa shape index (κ1) is 18.2. The Bertz CT molecular complexity index is 1060. The van der Waals surface area contributed by atoms with Crippen molar-refractivity contribution in [3.63, 3.8) is 0 Å². The van der Waals surface area contributed by atoms with Gasteiger partial charge in [0.2, 0.25) is 5.91 Å². The number of aromatic nitrogens is 3. The molecule has 1 aliphatic heterocycles. The van der Waals surface area contributed by atoms with Crippen molar-refractivity contribution in [1.82, 2.24) is 14.8 Å². The molecule has 0 fully saturated rings. The van der Waals surface area contributed by atoms with Gasteiger partial charge in [0.05, 0.1) is 24.5 Å². The number of methoxy groups -OCH3 is 1. The van der Waals surface area contributed by atoms with Gasteiger partial charge in [-0.2, -0.15) is 0 Å². The smallest absolute Gasteiger partial charge is 0.231 e. The van der Waals surface area contributed by atoms with Crippen LogP contribution in [0, 0.1) is 0 Å². The molecule has 28 heavy (non-hydrogen) atoms. The molecule has 1 atom stereocenters. The lowest BCUT2D eigenvalue weighted by Gasteiger charge is -2.08. The molecule has 0 saturated carbocycles. The van der Waals surface area contributed by atoms with Crippen molar-refractivity contribution in [3.05, 3.63) is 59.9 Å². The van der Waals surface area contributed by atoms with Crippen molar-refractivity contribution < 1.29 is 14.3 Å². The van der Waals surface area contributed by atoms with Crippen molar-refractivity contribution in [2.75, 3.05) is 18.2 Å². The van der Waals surface area contributed by atoms with Gasteiger partial charge >= 0.3 is 0 Å². The number of nitrogens with zero attached hydrogens (tertiary/aromatic N) is 3. The summed E-state index contributed by atoms with van der Waals surface area (Å²) in [5.41, 5.74) is 3.08. The maximum atomic E-state index is 12.7. The zero-order valence-electron chi connectivity index (χ0n) is 15.4. The highest BCUT2D eigenvalue weighted by Gasteiger charge is 2.27. The van der Waals surface area contributed by atoms with Crippen molar-refractivity contribution in [3.8, 4) is 11.4 Å². The monoisotopic (exact) mass is 394 g/mol. The van der Waals surface area contributed by atoms with Crippen molar-refractivity contribution in [2.24, 2.45) is 0 Å². The van der Waals surface area contributed by atoms with E-state index < -0.39 is 0 Å². The summed E-state index contributed by atoms with van der Waals surface area (Å²) in [4.78, 5) is 24.5. The Hall–Kier alpha value is -3.13. The average molecular weight is 394 g/mol. The molecule has 8 heteroatoms. The first-order valence-electron chi connectivity index (χ1n) is 8.72. The molecule has 4 rings (SSSR count). The minimum atomic E-state index is -0.244. The average Bonchev–Trinajstić information content (AvgIpc) is 3.30. The molecular formula is C20H18N4O3S. The van der Waals surface area contributed by atoms with E-state index in [2.05, 4.69) is 15.5 Å². The van der Waals surface area contributed by atoms with Crippen LogP contribution in [0.4, 0.5) is 5.69 Å². The summed E-state index contributed by atoms with van der Waals surface area (Å²) >= 11 is 1.32. The maximum Gasteiger partial charge on any atom is 0.231 e. The molecule has 1 N–H and O–H groups in total. The van der Waals surface area contributed by atoms with Crippen LogP contribution in [0.3, 0.4) is 0 Å². The molecule has 1 aliphatic rings. The molecule has 7 nitrogen and oxygen atoms in total. The first-order valence-corrected chi connectivity index (χ1v) is 9.70. The van der Waals surface area contributed by atoms with Gasteiger partial charge in [0.1, 0.15) is 12.1 Å². The van der Waals surface area contributed by atoms with Crippen LogP contribution in [-0.4, -0.2) is 39.3 Å². The standard InChI is InChI=1S/C20H18N4O3S/c1-12-16-8-13(6-7-17(16)22-19(12)26)18(25)10-28-20-23-21-11-24(20)14-4-3-5-15(9-14)27-2/h3-9,11-12H,10H2,1-2H3,(H,22,26)/t12-/m1/s1. The number of fused-ring (bicyclic) bond motifs is 1. The van der Waals surface area contributed by atoms with E-state index in [0.29, 0.717) is 10.7 Å². The fourth-order valence-corrected chi connectivity index (χ4v) is 3.89. The van der Waals surface area contributed by atoms with Gasteiger partial charge in [0, 0.05) is 17.3 Å². The van der Waals surface area contributed by atoms with Crippen LogP contribution in [0.15, 0.2) is 53.9 Å². The molecule has 1 amide bonds. The van der Waals surface area contributed by atoms with E-state index in [1.165, 1.54) is 11.8 Å². The second-order valence-corrected chi connectivity index (χ2v) is 7.35. The summed E-state index contributed by atoms with van der Waals surface area (Å²) in [6.07, 6.45) is 1.61. The predicted molar refractivity (Wildman–Crippen MR) is 106 cm³/mol. The van der Waals surface area contributed by atoms with E-state index in [1.807, 2.05) is 35.8 Å². The third-order valence-corrected chi connectivity index (χ3v) is 5.61. The topological polar surface area (TPSA) is 86.1 Å². The largest absolute Gasteiger partial charge is 0.497 e. The van der Waals surface area contributed by atoms with Gasteiger partial charge in [-0.15, -0.1) is 10.2 Å². The second kappa shape index (κ2) is 7.47. The number of hydrogen-bond donors (Lipinski definition) is 1. The van der Waals surface area contributed by atoms with E-state index in [0.717, 1.165) is 22.7 Å². The number of hydrogen-bond acceptors (Lipinski definition) is 6. The fourth-order valence-electron chi connectivity index (χ4n) is 3.06. The lowest BCUT2D eigenvalue weighted by atomic mass is 9.99. The quantitative estimate of drug-likeness (QED) is 0.510. The Labute approximate surface area is 166 Å². The van der Waals surface area contributed by atoms with E-state index in [9.17, 15) is 9.59 Å². The number of nitrogens with one attached hydrogen (secondary N) is 1. The maximum absolute atomic E-state index is 12.7. The van der Waals surface area contributed by atoms with Crippen LogP contribution in [0.25, 0.3) is 5.69 Å². The summed E-state index contributed by atoms with van der Waals surface area (Å²) in [6.45, 7) is 1.83. The lowest BCUT2D eigenvalue weighted by Crippen LogP contribution is -2.08. The molecule has 142 valence electrons. The molecule has 0 unspecified atom stereocenters. The summed E-state index contributed by atoms with van der Waals surface area (Å²) in [5, 5.41) is 11.5. The van der Waals surface area contributed by atoms with Crippen LogP contribution >= 0.6 is 11.8 Å². The Morgan fingerprint density at radius 1 is 1.29 bits per heavy atom. The highest BCUT2D eigenvalue weighted by atomic mass is 32.2. The number of Topliss-reactive ketones (excluding diaryl/α,β-unsaturated/α-hetero) is 1. The Kier molecular flexibility index (Phi) is 4.87. The van der Waals surface area contributed by atoms with Gasteiger partial charge < -0.3 is 10.1 Å². The number of thioether (sulfide) groups is 1. The molecule has 0 radical (unpaired) electrons. The summed E-state index contributed by atoms with van der Waals surface area (Å²) in [5.74, 6) is 0.636.